The monoisotopic (exact) mass is 597 g/mol. The van der Waals surface area contributed by atoms with Gasteiger partial charge in [0.1, 0.15) is 17.1 Å². The molecule has 2 aromatic heterocycles. The van der Waals surface area contributed by atoms with Crippen molar-refractivity contribution < 1.29 is 33.1 Å². The zero-order valence-electron chi connectivity index (χ0n) is 23.7. The Hall–Kier alpha value is -4.45. The molecule has 42 heavy (non-hydrogen) atoms. The van der Waals surface area contributed by atoms with E-state index in [2.05, 4.69) is 15.6 Å². The van der Waals surface area contributed by atoms with Crippen molar-refractivity contribution in [2.75, 3.05) is 38.4 Å². The van der Waals surface area contributed by atoms with E-state index >= 15 is 0 Å². The number of hydrogen-bond donors (Lipinski definition) is 2. The number of anilines is 2. The number of ether oxygens (including phenoxy) is 1. The maximum absolute atomic E-state index is 13.5. The number of nitrogens with one attached hydrogen (secondary N) is 2. The number of aromatic nitrogens is 1. The summed E-state index contributed by atoms with van der Waals surface area (Å²) in [5.41, 5.74) is 0.814. The second kappa shape index (κ2) is 13.0. The molecule has 13 heteroatoms. The van der Waals surface area contributed by atoms with E-state index in [1.165, 1.54) is 24.1 Å². The first-order valence-electron chi connectivity index (χ1n) is 13.4. The van der Waals surface area contributed by atoms with Gasteiger partial charge in [-0.1, -0.05) is 11.6 Å². The molecule has 0 unspecified atom stereocenters. The van der Waals surface area contributed by atoms with Crippen molar-refractivity contribution in [2.45, 2.75) is 38.6 Å². The fraction of sp³-hybridized carbons (Fsp3) is 0.379. The first-order chi connectivity index (χ1) is 19.9. The van der Waals surface area contributed by atoms with E-state index < -0.39 is 11.9 Å². The van der Waals surface area contributed by atoms with Gasteiger partial charge >= 0.3 is 5.97 Å². The number of hydrogen-bond acceptors (Lipinski definition) is 8. The minimum atomic E-state index is -0.645. The molecule has 3 aromatic rings. The van der Waals surface area contributed by atoms with Crippen LogP contribution in [-0.4, -0.2) is 78.2 Å². The SMILES string of the molecule is CC(=O)OCC(=O)N(C)C1CCC(C(=O)Nc2c(C(=O)Nc3ccc(Cl)cn3)oc3ccc(C(=O)N(C)C)cc23)CC1. The lowest BCUT2D eigenvalue weighted by Crippen LogP contribution is -2.42. The number of nitrogens with zero attached hydrogens (tertiary/aromatic N) is 3. The van der Waals surface area contributed by atoms with Crippen molar-refractivity contribution in [1.29, 1.82) is 0 Å². The number of carbonyl (C=O) groups excluding carboxylic acids is 5. The average Bonchev–Trinajstić information content (AvgIpc) is 3.33. The number of halogens is 1. The lowest BCUT2D eigenvalue weighted by Gasteiger charge is -2.34. The minimum Gasteiger partial charge on any atom is -0.456 e. The van der Waals surface area contributed by atoms with Crippen molar-refractivity contribution >= 4 is 63.7 Å². The Morgan fingerprint density at radius 1 is 1.02 bits per heavy atom. The third-order valence-electron chi connectivity index (χ3n) is 7.17. The summed E-state index contributed by atoms with van der Waals surface area (Å²) in [6.07, 6.45) is 3.53. The van der Waals surface area contributed by atoms with Crippen LogP contribution in [0, 0.1) is 5.92 Å². The number of pyridine rings is 1. The molecule has 12 nitrogen and oxygen atoms in total. The molecule has 2 heterocycles. The van der Waals surface area contributed by atoms with Gasteiger partial charge in [0.15, 0.2) is 6.61 Å². The number of esters is 1. The molecule has 2 N–H and O–H groups in total. The van der Waals surface area contributed by atoms with Gasteiger partial charge < -0.3 is 29.6 Å². The minimum absolute atomic E-state index is 0.0975. The molecule has 1 aliphatic carbocycles. The molecular weight excluding hydrogens is 566 g/mol. The summed E-state index contributed by atoms with van der Waals surface area (Å²) >= 11 is 5.90. The summed E-state index contributed by atoms with van der Waals surface area (Å²) in [6.45, 7) is 0.916. The molecule has 4 amide bonds. The normalized spacial score (nSPS) is 16.4. The van der Waals surface area contributed by atoms with Crippen LogP contribution in [0.2, 0.25) is 5.02 Å². The number of carbonyl (C=O) groups is 5. The molecule has 0 saturated heterocycles. The Labute approximate surface area is 247 Å². The largest absolute Gasteiger partial charge is 0.456 e. The molecule has 1 aromatic carbocycles. The van der Waals surface area contributed by atoms with E-state index in [9.17, 15) is 24.0 Å². The summed E-state index contributed by atoms with van der Waals surface area (Å²) in [5.74, 6) is -2.34. The lowest BCUT2D eigenvalue weighted by atomic mass is 9.84. The number of amides is 4. The van der Waals surface area contributed by atoms with Gasteiger partial charge in [-0.3, -0.25) is 24.0 Å². The van der Waals surface area contributed by atoms with E-state index in [4.69, 9.17) is 20.8 Å². The van der Waals surface area contributed by atoms with Crippen LogP contribution < -0.4 is 10.6 Å². The molecule has 222 valence electrons. The van der Waals surface area contributed by atoms with Crippen LogP contribution in [0.4, 0.5) is 11.5 Å². The topological polar surface area (TPSA) is 151 Å². The van der Waals surface area contributed by atoms with E-state index in [1.807, 2.05) is 0 Å². The lowest BCUT2D eigenvalue weighted by molar-refractivity contribution is -0.151. The van der Waals surface area contributed by atoms with E-state index in [-0.39, 0.29) is 53.6 Å². The highest BCUT2D eigenvalue weighted by Gasteiger charge is 2.32. The van der Waals surface area contributed by atoms with Gasteiger partial charge in [0, 0.05) is 57.2 Å². The van der Waals surface area contributed by atoms with Crippen LogP contribution in [0.15, 0.2) is 40.9 Å². The fourth-order valence-corrected chi connectivity index (χ4v) is 4.93. The van der Waals surface area contributed by atoms with Gasteiger partial charge in [-0.2, -0.15) is 0 Å². The fourth-order valence-electron chi connectivity index (χ4n) is 4.82. The predicted octanol–water partition coefficient (Wildman–Crippen LogP) is 3.95. The predicted molar refractivity (Wildman–Crippen MR) is 155 cm³/mol. The average molecular weight is 598 g/mol. The Morgan fingerprint density at radius 3 is 2.36 bits per heavy atom. The van der Waals surface area contributed by atoms with Crippen LogP contribution in [0.3, 0.4) is 0 Å². The molecule has 0 aliphatic heterocycles. The maximum atomic E-state index is 13.5. The highest BCUT2D eigenvalue weighted by Crippen LogP contribution is 2.35. The smallest absolute Gasteiger partial charge is 0.303 e. The Bertz CT molecular complexity index is 1510. The highest BCUT2D eigenvalue weighted by molar-refractivity contribution is 6.30. The second-order valence-corrected chi connectivity index (χ2v) is 10.7. The Kier molecular flexibility index (Phi) is 9.46. The standard InChI is InChI=1S/C29H32ClN5O7/c1-16(36)41-15-24(37)35(4)20-9-5-17(6-10-20)27(38)33-25-21-13-18(29(40)34(2)3)7-11-22(21)42-26(25)28(39)32-23-12-8-19(30)14-31-23/h7-8,11-14,17,20H,5-6,9-10,15H2,1-4H3,(H,33,38)(H,31,32,39). The van der Waals surface area contributed by atoms with Crippen molar-refractivity contribution in [3.63, 3.8) is 0 Å². The quantitative estimate of drug-likeness (QED) is 0.370. The van der Waals surface area contributed by atoms with Crippen molar-refractivity contribution in [2.24, 2.45) is 5.92 Å². The maximum Gasteiger partial charge on any atom is 0.303 e. The molecule has 0 atom stereocenters. The van der Waals surface area contributed by atoms with Gasteiger partial charge in [0.2, 0.25) is 11.7 Å². The van der Waals surface area contributed by atoms with Crippen molar-refractivity contribution in [1.82, 2.24) is 14.8 Å². The van der Waals surface area contributed by atoms with Gasteiger partial charge in [0.05, 0.1) is 5.02 Å². The number of rotatable bonds is 8. The summed E-state index contributed by atoms with van der Waals surface area (Å²) in [6, 6.07) is 7.74. The number of fused-ring (bicyclic) bond motifs is 1. The zero-order valence-corrected chi connectivity index (χ0v) is 24.5. The van der Waals surface area contributed by atoms with Crippen molar-refractivity contribution in [3.05, 3.63) is 52.9 Å². The van der Waals surface area contributed by atoms with Crippen LogP contribution >= 0.6 is 11.6 Å². The number of benzene rings is 1. The van der Waals surface area contributed by atoms with E-state index in [0.717, 1.165) is 0 Å². The third kappa shape index (κ3) is 7.06. The summed E-state index contributed by atoms with van der Waals surface area (Å²) < 4.78 is 10.7. The zero-order chi connectivity index (χ0) is 30.6. The summed E-state index contributed by atoms with van der Waals surface area (Å²) in [5, 5.41) is 6.32. The molecule has 1 aliphatic rings. The van der Waals surface area contributed by atoms with Gasteiger partial charge in [-0.25, -0.2) is 4.98 Å². The van der Waals surface area contributed by atoms with Crippen LogP contribution in [-0.2, 0) is 19.1 Å². The molecule has 0 radical (unpaired) electrons. The molecule has 0 spiro atoms. The van der Waals surface area contributed by atoms with E-state index in [1.54, 1.807) is 50.3 Å². The summed E-state index contributed by atoms with van der Waals surface area (Å²) in [7, 11) is 4.90. The van der Waals surface area contributed by atoms with Crippen LogP contribution in [0.25, 0.3) is 11.0 Å². The Balaban J connectivity index is 1.55. The highest BCUT2D eigenvalue weighted by atomic mass is 35.5. The van der Waals surface area contributed by atoms with Gasteiger partial charge in [-0.15, -0.1) is 0 Å². The van der Waals surface area contributed by atoms with Crippen molar-refractivity contribution in [3.8, 4) is 0 Å². The van der Waals surface area contributed by atoms with Crippen LogP contribution in [0.5, 0.6) is 0 Å². The molecule has 0 bridgehead atoms. The Morgan fingerprint density at radius 2 is 1.74 bits per heavy atom. The molecule has 1 fully saturated rings. The second-order valence-electron chi connectivity index (χ2n) is 10.3. The first kappa shape index (κ1) is 30.5. The number of likely N-dealkylation sites (N-methyl/N-ethyl adjacent to an activating group) is 1. The molecule has 1 saturated carbocycles. The first-order valence-corrected chi connectivity index (χ1v) is 13.7. The number of furan rings is 1. The molecular formula is C29H32ClN5O7. The van der Waals surface area contributed by atoms with Gasteiger partial charge in [0.25, 0.3) is 17.7 Å². The van der Waals surface area contributed by atoms with Crippen LogP contribution in [0.1, 0.15) is 53.5 Å². The summed E-state index contributed by atoms with van der Waals surface area (Å²) in [4.78, 5) is 69.8. The third-order valence-corrected chi connectivity index (χ3v) is 7.40. The van der Waals surface area contributed by atoms with E-state index in [0.29, 0.717) is 47.2 Å². The van der Waals surface area contributed by atoms with Gasteiger partial charge in [-0.05, 0) is 56.0 Å². The molecule has 4 rings (SSSR count).